The van der Waals surface area contributed by atoms with Gasteiger partial charge >= 0.3 is 0 Å². The zero-order valence-electron chi connectivity index (χ0n) is 7.27. The molecule has 0 fully saturated rings. The number of nitrogens with zero attached hydrogens (tertiary/aromatic N) is 1. The molecule has 0 saturated heterocycles. The Labute approximate surface area is 87.0 Å². The molecular formula is C7H7NO6S. The van der Waals surface area contributed by atoms with Gasteiger partial charge in [-0.1, -0.05) is 12.1 Å². The minimum absolute atomic E-state index is 0.109. The second kappa shape index (κ2) is 6.76. The molecule has 82 valence electrons. The van der Waals surface area contributed by atoms with Crippen LogP contribution in [0.15, 0.2) is 24.3 Å². The van der Waals surface area contributed by atoms with Crippen molar-refractivity contribution in [3.8, 4) is 0 Å². The van der Waals surface area contributed by atoms with Gasteiger partial charge in [-0.15, -0.1) is 0 Å². The maximum atomic E-state index is 10.2. The van der Waals surface area contributed by atoms with Crippen LogP contribution in [-0.4, -0.2) is 24.5 Å². The number of benzene rings is 1. The van der Waals surface area contributed by atoms with E-state index in [1.807, 2.05) is 0 Å². The maximum absolute atomic E-state index is 10.2. The maximum Gasteiger partial charge on any atom is 0.299 e. The first kappa shape index (κ1) is 13.4. The highest BCUT2D eigenvalue weighted by atomic mass is 32.2. The average Bonchev–Trinajstić information content (AvgIpc) is 2.16. The van der Waals surface area contributed by atoms with E-state index in [1.165, 1.54) is 18.2 Å². The molecule has 2 N–H and O–H groups in total. The molecule has 0 radical (unpaired) electrons. The van der Waals surface area contributed by atoms with Gasteiger partial charge in [-0.25, -0.2) is 0 Å². The molecule has 1 rings (SSSR count). The number of carbonyl (C=O) groups is 1. The van der Waals surface area contributed by atoms with E-state index < -0.39 is 16.3 Å². The van der Waals surface area contributed by atoms with Gasteiger partial charge in [0.2, 0.25) is 0 Å². The number of hydrogen-bond donors (Lipinski definition) is 2. The van der Waals surface area contributed by atoms with Gasteiger partial charge in [-0.3, -0.25) is 24.0 Å². The van der Waals surface area contributed by atoms with Crippen molar-refractivity contribution in [3.63, 3.8) is 0 Å². The molecule has 0 amide bonds. The van der Waals surface area contributed by atoms with Gasteiger partial charge in [-0.05, 0) is 6.07 Å². The summed E-state index contributed by atoms with van der Waals surface area (Å²) in [5.74, 6) is 0. The summed E-state index contributed by atoms with van der Waals surface area (Å²) in [5, 5.41) is 10.2. The summed E-state index contributed by atoms with van der Waals surface area (Å²) in [6, 6.07) is 5.80. The van der Waals surface area contributed by atoms with Gasteiger partial charge in [-0.2, -0.15) is 4.21 Å². The first-order valence-corrected chi connectivity index (χ1v) is 4.54. The summed E-state index contributed by atoms with van der Waals surface area (Å²) in [6.45, 7) is 0. The van der Waals surface area contributed by atoms with Crippen LogP contribution in [0.5, 0.6) is 0 Å². The normalized spacial score (nSPS) is 9.00. The van der Waals surface area contributed by atoms with Crippen molar-refractivity contribution in [3.05, 3.63) is 39.9 Å². The van der Waals surface area contributed by atoms with Gasteiger partial charge in [0.25, 0.3) is 17.0 Å². The van der Waals surface area contributed by atoms with Crippen molar-refractivity contribution in [1.82, 2.24) is 0 Å². The second-order valence-electron chi connectivity index (χ2n) is 2.16. The molecule has 0 aliphatic carbocycles. The number of hydrogen-bond acceptors (Lipinski definition) is 4. The number of para-hydroxylation sites is 1. The summed E-state index contributed by atoms with van der Waals surface area (Å²) in [6.07, 6.45) is 0.470. The molecule has 8 heteroatoms. The van der Waals surface area contributed by atoms with Crippen LogP contribution in [-0.2, 0) is 11.4 Å². The lowest BCUT2D eigenvalue weighted by atomic mass is 10.2. The molecule has 0 aromatic heterocycles. The van der Waals surface area contributed by atoms with Crippen LogP contribution in [0.25, 0.3) is 0 Å². The van der Waals surface area contributed by atoms with Crippen LogP contribution in [0.4, 0.5) is 5.69 Å². The number of carbonyl (C=O) groups excluding carboxylic acids is 1. The molecule has 1 aromatic carbocycles. The fourth-order valence-electron chi connectivity index (χ4n) is 0.753. The van der Waals surface area contributed by atoms with E-state index in [0.29, 0.717) is 6.29 Å². The molecule has 0 heterocycles. The number of nitro benzene ring substituents is 1. The van der Waals surface area contributed by atoms with Gasteiger partial charge in [0, 0.05) is 6.07 Å². The molecule has 0 bridgehead atoms. The Balaban J connectivity index is 0.000000423. The SMILES string of the molecule is O=Cc1ccccc1[N+](=O)[O-].O=S(O)O. The van der Waals surface area contributed by atoms with Crippen LogP contribution in [0.1, 0.15) is 10.4 Å². The Bertz CT molecular complexity index is 375. The summed E-state index contributed by atoms with van der Waals surface area (Å²) in [4.78, 5) is 19.9. The highest BCUT2D eigenvalue weighted by molar-refractivity contribution is 7.73. The van der Waals surface area contributed by atoms with Crippen LogP contribution in [0.3, 0.4) is 0 Å². The lowest BCUT2D eigenvalue weighted by molar-refractivity contribution is -0.385. The smallest absolute Gasteiger partial charge is 0.298 e. The third-order valence-electron chi connectivity index (χ3n) is 1.26. The Morgan fingerprint density at radius 3 is 2.13 bits per heavy atom. The Hall–Kier alpha value is -1.64. The van der Waals surface area contributed by atoms with Crippen LogP contribution < -0.4 is 0 Å². The standard InChI is InChI=1S/C7H5NO3.H2O3S/c9-5-6-3-1-2-4-7(6)8(10)11;1-4(2)3/h1-5H;(H2,1,2,3). The summed E-state index contributed by atoms with van der Waals surface area (Å²) < 4.78 is 22.8. The van der Waals surface area contributed by atoms with E-state index in [2.05, 4.69) is 0 Å². The number of aldehydes is 1. The third kappa shape index (κ3) is 5.62. The lowest BCUT2D eigenvalue weighted by Gasteiger charge is -1.91. The zero-order valence-corrected chi connectivity index (χ0v) is 8.09. The summed E-state index contributed by atoms with van der Waals surface area (Å²) in [5.41, 5.74) is -0.0417. The summed E-state index contributed by atoms with van der Waals surface area (Å²) >= 11 is -2.61. The molecule has 0 unspecified atom stereocenters. The van der Waals surface area contributed by atoms with Crippen LogP contribution >= 0.6 is 0 Å². The van der Waals surface area contributed by atoms with Crippen molar-refractivity contribution in [2.75, 3.05) is 0 Å². The van der Waals surface area contributed by atoms with Crippen molar-refractivity contribution in [1.29, 1.82) is 0 Å². The van der Waals surface area contributed by atoms with E-state index >= 15 is 0 Å². The zero-order chi connectivity index (χ0) is 11.8. The van der Waals surface area contributed by atoms with E-state index in [9.17, 15) is 14.9 Å². The van der Waals surface area contributed by atoms with E-state index in [0.717, 1.165) is 0 Å². The largest absolute Gasteiger partial charge is 0.299 e. The van der Waals surface area contributed by atoms with Gasteiger partial charge in [0.15, 0.2) is 6.29 Å². The molecule has 0 spiro atoms. The minimum atomic E-state index is -2.61. The fraction of sp³-hybridized carbons (Fsp3) is 0. The van der Waals surface area contributed by atoms with Gasteiger partial charge < -0.3 is 0 Å². The topological polar surface area (TPSA) is 118 Å². The first-order valence-electron chi connectivity index (χ1n) is 3.47. The van der Waals surface area contributed by atoms with Crippen molar-refractivity contribution in [2.24, 2.45) is 0 Å². The highest BCUT2D eigenvalue weighted by Gasteiger charge is 2.09. The number of rotatable bonds is 2. The molecule has 0 atom stereocenters. The molecule has 0 aliphatic rings. The predicted octanol–water partition coefficient (Wildman–Crippen LogP) is 1.09. The lowest BCUT2D eigenvalue weighted by Crippen LogP contribution is -1.92. The van der Waals surface area contributed by atoms with Crippen LogP contribution in [0.2, 0.25) is 0 Å². The molecule has 0 aliphatic heterocycles. The van der Waals surface area contributed by atoms with Crippen molar-refractivity contribution < 1.29 is 23.0 Å². The first-order chi connectivity index (χ1) is 6.99. The van der Waals surface area contributed by atoms with Gasteiger partial charge in [0.05, 0.1) is 10.5 Å². The molecule has 1 aromatic rings. The van der Waals surface area contributed by atoms with E-state index in [1.54, 1.807) is 6.07 Å². The third-order valence-corrected chi connectivity index (χ3v) is 1.26. The summed E-state index contributed by atoms with van der Waals surface area (Å²) in [7, 11) is 0. The molecule has 15 heavy (non-hydrogen) atoms. The fourth-order valence-corrected chi connectivity index (χ4v) is 0.753. The monoisotopic (exact) mass is 233 g/mol. The average molecular weight is 233 g/mol. The van der Waals surface area contributed by atoms with Crippen LogP contribution in [0, 0.1) is 10.1 Å². The Morgan fingerprint density at radius 1 is 1.33 bits per heavy atom. The molecule has 0 saturated carbocycles. The van der Waals surface area contributed by atoms with Crippen molar-refractivity contribution in [2.45, 2.75) is 0 Å². The van der Waals surface area contributed by atoms with Crippen molar-refractivity contribution >= 4 is 23.3 Å². The Kier molecular flexibility index (Phi) is 6.02. The van der Waals surface area contributed by atoms with E-state index in [4.69, 9.17) is 13.3 Å². The minimum Gasteiger partial charge on any atom is -0.298 e. The number of nitro groups is 1. The van der Waals surface area contributed by atoms with Gasteiger partial charge in [0.1, 0.15) is 0 Å². The second-order valence-corrected chi connectivity index (χ2v) is 2.63. The predicted molar refractivity (Wildman–Crippen MR) is 51.9 cm³/mol. The van der Waals surface area contributed by atoms with E-state index in [-0.39, 0.29) is 11.3 Å². The quantitative estimate of drug-likeness (QED) is 0.341. The molecular weight excluding hydrogens is 226 g/mol. The highest BCUT2D eigenvalue weighted by Crippen LogP contribution is 2.14. The molecule has 7 nitrogen and oxygen atoms in total. The Morgan fingerprint density at radius 2 is 1.80 bits per heavy atom.